The van der Waals surface area contributed by atoms with Crippen LogP contribution in [0.15, 0.2) is 18.2 Å². The molecule has 108 valence electrons. The van der Waals surface area contributed by atoms with E-state index in [0.717, 1.165) is 11.1 Å². The van der Waals surface area contributed by atoms with E-state index >= 15 is 0 Å². The highest BCUT2D eigenvalue weighted by Crippen LogP contribution is 2.11. The summed E-state index contributed by atoms with van der Waals surface area (Å²) in [4.78, 5) is 12.1. The lowest BCUT2D eigenvalue weighted by molar-refractivity contribution is 0.0930. The molecule has 1 atom stereocenters. The normalized spacial score (nSPS) is 11.7. The quantitative estimate of drug-likeness (QED) is 0.828. The Labute approximate surface area is 121 Å². The van der Waals surface area contributed by atoms with E-state index in [2.05, 4.69) is 31.0 Å². The highest BCUT2D eigenvalue weighted by Gasteiger charge is 2.12. The van der Waals surface area contributed by atoms with E-state index in [0.29, 0.717) is 17.9 Å². The van der Waals surface area contributed by atoms with Crippen LogP contribution in [0.1, 0.15) is 48.7 Å². The third-order valence-corrected chi connectivity index (χ3v) is 3.31. The number of rotatable bonds is 4. The van der Waals surface area contributed by atoms with E-state index in [4.69, 9.17) is 5.11 Å². The van der Waals surface area contributed by atoms with Gasteiger partial charge in [0.15, 0.2) is 0 Å². The van der Waals surface area contributed by atoms with Crippen molar-refractivity contribution in [3.05, 3.63) is 34.9 Å². The van der Waals surface area contributed by atoms with Crippen molar-refractivity contribution in [1.82, 2.24) is 5.32 Å². The molecular weight excluding hydrogens is 250 g/mol. The summed E-state index contributed by atoms with van der Waals surface area (Å²) in [5.41, 5.74) is 2.52. The van der Waals surface area contributed by atoms with Gasteiger partial charge in [0.1, 0.15) is 0 Å². The Kier molecular flexibility index (Phi) is 6.27. The number of hydrogen-bond donors (Lipinski definition) is 2. The van der Waals surface area contributed by atoms with Crippen molar-refractivity contribution < 1.29 is 9.90 Å². The average molecular weight is 273 g/mol. The van der Waals surface area contributed by atoms with Gasteiger partial charge >= 0.3 is 0 Å². The lowest BCUT2D eigenvalue weighted by Crippen LogP contribution is -2.36. The molecule has 1 amide bonds. The lowest BCUT2D eigenvalue weighted by atomic mass is 10.0. The maximum Gasteiger partial charge on any atom is 0.251 e. The molecular formula is C17H23NO2. The Morgan fingerprint density at radius 3 is 2.60 bits per heavy atom. The average Bonchev–Trinajstić information content (AvgIpc) is 2.40. The maximum absolute atomic E-state index is 12.1. The second-order valence-electron chi connectivity index (χ2n) is 5.31. The summed E-state index contributed by atoms with van der Waals surface area (Å²) in [5.74, 6) is 6.24. The zero-order chi connectivity index (χ0) is 15.1. The van der Waals surface area contributed by atoms with Gasteiger partial charge in [0.05, 0.1) is 6.61 Å². The summed E-state index contributed by atoms with van der Waals surface area (Å²) in [7, 11) is 0. The summed E-state index contributed by atoms with van der Waals surface area (Å²) in [6, 6.07) is 5.64. The standard InChI is InChI=1S/C17H23NO2/c1-12(2)14(4)18-17(20)16-9-8-15(13(3)11-16)7-5-6-10-19/h8-9,11-12,14,19H,6,10H2,1-4H3,(H,18,20). The van der Waals surface area contributed by atoms with Gasteiger partial charge in [-0.15, -0.1) is 0 Å². The molecule has 0 aliphatic heterocycles. The molecule has 0 bridgehead atoms. The zero-order valence-corrected chi connectivity index (χ0v) is 12.7. The molecule has 20 heavy (non-hydrogen) atoms. The molecule has 0 saturated heterocycles. The second kappa shape index (κ2) is 7.72. The smallest absolute Gasteiger partial charge is 0.251 e. The van der Waals surface area contributed by atoms with Crippen LogP contribution in [-0.2, 0) is 0 Å². The number of aliphatic hydroxyl groups is 1. The molecule has 0 aliphatic carbocycles. The van der Waals surface area contributed by atoms with E-state index in [-0.39, 0.29) is 18.6 Å². The monoisotopic (exact) mass is 273 g/mol. The fourth-order valence-electron chi connectivity index (χ4n) is 1.62. The summed E-state index contributed by atoms with van der Waals surface area (Å²) in [5, 5.41) is 11.7. The summed E-state index contributed by atoms with van der Waals surface area (Å²) >= 11 is 0. The second-order valence-corrected chi connectivity index (χ2v) is 5.31. The van der Waals surface area contributed by atoms with Crippen LogP contribution in [-0.4, -0.2) is 23.7 Å². The minimum Gasteiger partial charge on any atom is -0.395 e. The van der Waals surface area contributed by atoms with Crippen molar-refractivity contribution in [1.29, 1.82) is 0 Å². The highest BCUT2D eigenvalue weighted by molar-refractivity contribution is 5.94. The van der Waals surface area contributed by atoms with Crippen molar-refractivity contribution >= 4 is 5.91 Å². The molecule has 3 nitrogen and oxygen atoms in total. The van der Waals surface area contributed by atoms with Crippen LogP contribution in [0, 0.1) is 24.7 Å². The molecule has 0 radical (unpaired) electrons. The Balaban J connectivity index is 2.82. The van der Waals surface area contributed by atoms with E-state index < -0.39 is 0 Å². The minimum atomic E-state index is -0.0517. The molecule has 0 saturated carbocycles. The number of aliphatic hydroxyl groups excluding tert-OH is 1. The fourth-order valence-corrected chi connectivity index (χ4v) is 1.62. The van der Waals surface area contributed by atoms with Crippen molar-refractivity contribution in [2.45, 2.75) is 40.2 Å². The van der Waals surface area contributed by atoms with Gasteiger partial charge in [0.2, 0.25) is 0 Å². The van der Waals surface area contributed by atoms with E-state index in [1.54, 1.807) is 6.07 Å². The van der Waals surface area contributed by atoms with Crippen molar-refractivity contribution in [3.63, 3.8) is 0 Å². The third kappa shape index (κ3) is 4.71. The van der Waals surface area contributed by atoms with Gasteiger partial charge in [0.25, 0.3) is 5.91 Å². The van der Waals surface area contributed by atoms with Crippen LogP contribution in [0.3, 0.4) is 0 Å². The number of nitrogens with one attached hydrogen (secondary N) is 1. The SMILES string of the molecule is Cc1cc(C(=O)NC(C)C(C)C)ccc1C#CCCO. The molecule has 1 rings (SSSR count). The molecule has 1 aromatic rings. The van der Waals surface area contributed by atoms with Crippen LogP contribution in [0.2, 0.25) is 0 Å². The molecule has 2 N–H and O–H groups in total. The van der Waals surface area contributed by atoms with Crippen molar-refractivity contribution in [2.75, 3.05) is 6.61 Å². The van der Waals surface area contributed by atoms with E-state index in [1.165, 1.54) is 0 Å². The number of aryl methyl sites for hydroxylation is 1. The molecule has 0 heterocycles. The van der Waals surface area contributed by atoms with Crippen LogP contribution < -0.4 is 5.32 Å². The third-order valence-electron chi connectivity index (χ3n) is 3.31. The minimum absolute atomic E-state index is 0.0517. The Morgan fingerprint density at radius 1 is 1.35 bits per heavy atom. The van der Waals surface area contributed by atoms with Crippen LogP contribution >= 0.6 is 0 Å². The number of benzene rings is 1. The number of carbonyl (C=O) groups excluding carboxylic acids is 1. The van der Waals surface area contributed by atoms with Crippen molar-refractivity contribution in [2.24, 2.45) is 5.92 Å². The fraction of sp³-hybridized carbons (Fsp3) is 0.471. The summed E-state index contributed by atoms with van der Waals surface area (Å²) in [6.45, 7) is 8.17. The molecule has 0 aromatic heterocycles. The van der Waals surface area contributed by atoms with Crippen molar-refractivity contribution in [3.8, 4) is 11.8 Å². The number of hydrogen-bond acceptors (Lipinski definition) is 2. The van der Waals surface area contributed by atoms with Crippen LogP contribution in [0.25, 0.3) is 0 Å². The first kappa shape index (κ1) is 16.3. The van der Waals surface area contributed by atoms with E-state index in [1.807, 2.05) is 26.0 Å². The highest BCUT2D eigenvalue weighted by atomic mass is 16.2. The van der Waals surface area contributed by atoms with E-state index in [9.17, 15) is 4.79 Å². The Hall–Kier alpha value is -1.79. The predicted molar refractivity (Wildman–Crippen MR) is 81.5 cm³/mol. The summed E-state index contributed by atoms with van der Waals surface area (Å²) < 4.78 is 0. The number of carbonyl (C=O) groups is 1. The van der Waals surface area contributed by atoms with Gasteiger partial charge in [-0.05, 0) is 43.5 Å². The first-order valence-corrected chi connectivity index (χ1v) is 6.97. The van der Waals surface area contributed by atoms with Gasteiger partial charge < -0.3 is 10.4 Å². The largest absolute Gasteiger partial charge is 0.395 e. The van der Waals surface area contributed by atoms with Crippen LogP contribution in [0.5, 0.6) is 0 Å². The molecule has 1 unspecified atom stereocenters. The summed E-state index contributed by atoms with van der Waals surface area (Å²) in [6.07, 6.45) is 0.466. The van der Waals surface area contributed by atoms with Gasteiger partial charge in [-0.3, -0.25) is 4.79 Å². The topological polar surface area (TPSA) is 49.3 Å². The zero-order valence-electron chi connectivity index (χ0n) is 12.7. The van der Waals surface area contributed by atoms with Gasteiger partial charge in [0, 0.05) is 23.6 Å². The van der Waals surface area contributed by atoms with Gasteiger partial charge in [-0.2, -0.15) is 0 Å². The predicted octanol–water partition coefficient (Wildman–Crippen LogP) is 2.50. The maximum atomic E-state index is 12.1. The molecule has 3 heteroatoms. The lowest BCUT2D eigenvalue weighted by Gasteiger charge is -2.17. The first-order chi connectivity index (χ1) is 9.45. The Morgan fingerprint density at radius 2 is 2.05 bits per heavy atom. The molecule has 0 spiro atoms. The molecule has 0 fully saturated rings. The van der Waals surface area contributed by atoms with Gasteiger partial charge in [-0.1, -0.05) is 25.7 Å². The number of amides is 1. The van der Waals surface area contributed by atoms with Gasteiger partial charge in [-0.25, -0.2) is 0 Å². The van der Waals surface area contributed by atoms with Crippen LogP contribution in [0.4, 0.5) is 0 Å². The first-order valence-electron chi connectivity index (χ1n) is 6.97. The Bertz CT molecular complexity index is 524. The molecule has 0 aliphatic rings. The molecule has 1 aromatic carbocycles.